The van der Waals surface area contributed by atoms with Gasteiger partial charge in [0.25, 0.3) is 0 Å². The molecular formula is C25H26FN5O4. The molecular weight excluding hydrogens is 453 g/mol. The van der Waals surface area contributed by atoms with E-state index in [9.17, 15) is 24.0 Å². The molecule has 3 amide bonds. The SMILES string of the molecule is CC(C)(C)OC(=O)N[C@@H](Cc1cccc(F)c1)C(=O)N1C[C@]2(C[C@H]1C#N)C(=O)Nc1ncccc12. The zero-order valence-corrected chi connectivity index (χ0v) is 19.7. The van der Waals surface area contributed by atoms with Crippen LogP contribution in [0.2, 0.25) is 0 Å². The van der Waals surface area contributed by atoms with Crippen molar-refractivity contribution in [2.24, 2.45) is 0 Å². The van der Waals surface area contributed by atoms with Crippen LogP contribution in [0.25, 0.3) is 0 Å². The Kier molecular flexibility index (Phi) is 6.19. The third-order valence-electron chi connectivity index (χ3n) is 6.10. The molecule has 0 radical (unpaired) electrons. The summed E-state index contributed by atoms with van der Waals surface area (Å²) in [5.41, 5.74) is -0.811. The summed E-state index contributed by atoms with van der Waals surface area (Å²) < 4.78 is 19.1. The van der Waals surface area contributed by atoms with Crippen LogP contribution in [0.3, 0.4) is 0 Å². The predicted octanol–water partition coefficient (Wildman–Crippen LogP) is 2.67. The number of benzene rings is 1. The van der Waals surface area contributed by atoms with Crippen molar-refractivity contribution in [1.29, 1.82) is 5.26 Å². The van der Waals surface area contributed by atoms with Gasteiger partial charge in [0, 0.05) is 31.1 Å². The minimum Gasteiger partial charge on any atom is -0.444 e. The lowest BCUT2D eigenvalue weighted by atomic mass is 9.80. The van der Waals surface area contributed by atoms with Crippen LogP contribution in [0, 0.1) is 17.1 Å². The molecule has 182 valence electrons. The molecule has 9 nitrogen and oxygen atoms in total. The number of pyridine rings is 1. The molecule has 1 spiro atoms. The first-order valence-electron chi connectivity index (χ1n) is 11.2. The lowest BCUT2D eigenvalue weighted by molar-refractivity contribution is -0.133. The molecule has 3 atom stereocenters. The Morgan fingerprint density at radius 1 is 1.37 bits per heavy atom. The molecule has 1 aromatic heterocycles. The number of carbonyl (C=O) groups excluding carboxylic acids is 3. The Bertz CT molecular complexity index is 1220. The fourth-order valence-electron chi connectivity index (χ4n) is 4.60. The third-order valence-corrected chi connectivity index (χ3v) is 6.10. The summed E-state index contributed by atoms with van der Waals surface area (Å²) in [4.78, 5) is 44.8. The smallest absolute Gasteiger partial charge is 0.408 e. The molecule has 0 aliphatic carbocycles. The molecule has 3 heterocycles. The highest BCUT2D eigenvalue weighted by molar-refractivity contribution is 6.06. The lowest BCUT2D eigenvalue weighted by Crippen LogP contribution is -2.52. The number of amides is 3. The molecule has 2 aliphatic rings. The van der Waals surface area contributed by atoms with E-state index < -0.39 is 40.9 Å². The maximum atomic E-state index is 13.8. The number of hydrogen-bond acceptors (Lipinski definition) is 6. The Morgan fingerprint density at radius 3 is 2.83 bits per heavy atom. The van der Waals surface area contributed by atoms with E-state index in [0.717, 1.165) is 0 Å². The summed E-state index contributed by atoms with van der Waals surface area (Å²) in [7, 11) is 0. The van der Waals surface area contributed by atoms with Crippen LogP contribution in [0.5, 0.6) is 0 Å². The number of hydrogen-bond donors (Lipinski definition) is 2. The normalized spacial score (nSPS) is 21.7. The van der Waals surface area contributed by atoms with E-state index in [1.807, 2.05) is 0 Å². The van der Waals surface area contributed by atoms with Crippen LogP contribution in [0.1, 0.15) is 38.3 Å². The average molecular weight is 480 g/mol. The molecule has 35 heavy (non-hydrogen) atoms. The van der Waals surface area contributed by atoms with Gasteiger partial charge in [0.1, 0.15) is 29.3 Å². The number of anilines is 1. The van der Waals surface area contributed by atoms with Crippen LogP contribution in [-0.4, -0.2) is 52.0 Å². The number of aromatic nitrogens is 1. The van der Waals surface area contributed by atoms with E-state index in [1.165, 1.54) is 23.1 Å². The maximum Gasteiger partial charge on any atom is 0.408 e. The first-order valence-corrected chi connectivity index (χ1v) is 11.2. The first kappa shape index (κ1) is 24.1. The highest BCUT2D eigenvalue weighted by Gasteiger charge is 2.57. The van der Waals surface area contributed by atoms with E-state index in [1.54, 1.807) is 45.2 Å². The summed E-state index contributed by atoms with van der Waals surface area (Å²) in [5.74, 6) is -0.961. The molecule has 0 bridgehead atoms. The highest BCUT2D eigenvalue weighted by atomic mass is 19.1. The molecule has 2 aliphatic heterocycles. The second kappa shape index (κ2) is 8.98. The van der Waals surface area contributed by atoms with Gasteiger partial charge in [-0.2, -0.15) is 5.26 Å². The molecule has 1 fully saturated rings. The standard InChI is InChI=1S/C25H26FN5O4/c1-24(2,3)35-23(34)29-19(11-15-6-4-7-16(26)10-15)21(32)31-14-25(12-17(31)13-27)18-8-5-9-28-20(18)30-22(25)33/h4-10,17,19H,11-12,14H2,1-3H3,(H,29,34)(H,28,30,33)/t17-,19-,25-/m0/s1. The number of nitriles is 1. The molecule has 0 unspecified atom stereocenters. The molecule has 0 saturated carbocycles. The van der Waals surface area contributed by atoms with Gasteiger partial charge in [-0.15, -0.1) is 0 Å². The Morgan fingerprint density at radius 2 is 2.14 bits per heavy atom. The summed E-state index contributed by atoms with van der Waals surface area (Å²) in [6.07, 6.45) is 0.806. The van der Waals surface area contributed by atoms with Gasteiger partial charge in [-0.25, -0.2) is 14.2 Å². The fraction of sp³-hybridized carbons (Fsp3) is 0.400. The largest absolute Gasteiger partial charge is 0.444 e. The van der Waals surface area contributed by atoms with Gasteiger partial charge in [0.2, 0.25) is 11.8 Å². The second-order valence-electron chi connectivity index (χ2n) is 9.78. The van der Waals surface area contributed by atoms with Crippen molar-refractivity contribution in [1.82, 2.24) is 15.2 Å². The van der Waals surface area contributed by atoms with Crippen LogP contribution >= 0.6 is 0 Å². The van der Waals surface area contributed by atoms with E-state index in [4.69, 9.17) is 4.74 Å². The Balaban J connectivity index is 1.64. The summed E-state index contributed by atoms with van der Waals surface area (Å²) in [6, 6.07) is 9.22. The molecule has 2 aromatic rings. The van der Waals surface area contributed by atoms with Gasteiger partial charge in [-0.05, 0) is 44.5 Å². The number of fused-ring (bicyclic) bond motifs is 2. The van der Waals surface area contributed by atoms with Crippen molar-refractivity contribution in [3.05, 3.63) is 59.5 Å². The topological polar surface area (TPSA) is 124 Å². The molecule has 2 N–H and O–H groups in total. The molecule has 10 heteroatoms. The number of ether oxygens (including phenoxy) is 1. The van der Waals surface area contributed by atoms with Crippen molar-refractivity contribution in [2.45, 2.75) is 56.7 Å². The number of rotatable bonds is 4. The van der Waals surface area contributed by atoms with Crippen molar-refractivity contribution >= 4 is 23.7 Å². The molecule has 4 rings (SSSR count). The summed E-state index contributed by atoms with van der Waals surface area (Å²) >= 11 is 0. The first-order chi connectivity index (χ1) is 16.5. The number of halogens is 1. The molecule has 1 saturated heterocycles. The van der Waals surface area contributed by atoms with Gasteiger partial charge in [0.15, 0.2) is 0 Å². The van der Waals surface area contributed by atoms with Crippen molar-refractivity contribution in [3.63, 3.8) is 0 Å². The van der Waals surface area contributed by atoms with Crippen molar-refractivity contribution in [3.8, 4) is 6.07 Å². The Labute approximate surface area is 202 Å². The fourth-order valence-corrected chi connectivity index (χ4v) is 4.60. The van der Waals surface area contributed by atoms with Crippen LogP contribution in [-0.2, 0) is 26.2 Å². The van der Waals surface area contributed by atoms with Crippen molar-refractivity contribution in [2.75, 3.05) is 11.9 Å². The minimum absolute atomic E-state index is 0.0260. The monoisotopic (exact) mass is 479 g/mol. The zero-order chi connectivity index (χ0) is 25.4. The number of nitrogens with one attached hydrogen (secondary N) is 2. The number of nitrogens with zero attached hydrogens (tertiary/aromatic N) is 3. The highest BCUT2D eigenvalue weighted by Crippen LogP contribution is 2.45. The Hall–Kier alpha value is -4.00. The van der Waals surface area contributed by atoms with E-state index in [2.05, 4.69) is 21.7 Å². The predicted molar refractivity (Wildman–Crippen MR) is 124 cm³/mol. The van der Waals surface area contributed by atoms with Gasteiger partial charge in [0.05, 0.1) is 11.5 Å². The summed E-state index contributed by atoms with van der Waals surface area (Å²) in [5, 5.41) is 15.2. The van der Waals surface area contributed by atoms with Crippen LogP contribution in [0.15, 0.2) is 42.6 Å². The quantitative estimate of drug-likeness (QED) is 0.695. The van der Waals surface area contributed by atoms with Gasteiger partial charge in [-0.1, -0.05) is 18.2 Å². The van der Waals surface area contributed by atoms with Crippen molar-refractivity contribution < 1.29 is 23.5 Å². The minimum atomic E-state index is -1.14. The second-order valence-corrected chi connectivity index (χ2v) is 9.78. The maximum absolute atomic E-state index is 13.8. The lowest BCUT2D eigenvalue weighted by Gasteiger charge is -2.28. The summed E-state index contributed by atoms with van der Waals surface area (Å²) in [6.45, 7) is 5.02. The van der Waals surface area contributed by atoms with E-state index in [0.29, 0.717) is 16.9 Å². The van der Waals surface area contributed by atoms with Gasteiger partial charge < -0.3 is 20.3 Å². The van der Waals surface area contributed by atoms with Crippen LogP contribution < -0.4 is 10.6 Å². The third kappa shape index (κ3) is 4.80. The van der Waals surface area contributed by atoms with Gasteiger partial charge in [-0.3, -0.25) is 9.59 Å². The number of alkyl carbamates (subject to hydrolysis) is 1. The molecule has 1 aromatic carbocycles. The number of likely N-dealkylation sites (tertiary alicyclic amines) is 1. The average Bonchev–Trinajstić information content (AvgIpc) is 3.30. The zero-order valence-electron chi connectivity index (χ0n) is 19.7. The van der Waals surface area contributed by atoms with E-state index in [-0.39, 0.29) is 25.3 Å². The van der Waals surface area contributed by atoms with Crippen LogP contribution in [0.4, 0.5) is 15.0 Å². The number of carbonyl (C=O) groups is 3. The van der Waals surface area contributed by atoms with E-state index >= 15 is 0 Å². The van der Waals surface area contributed by atoms with Gasteiger partial charge >= 0.3 is 6.09 Å².